The highest BCUT2D eigenvalue weighted by atomic mass is 16.2. The molecule has 0 aliphatic carbocycles. The van der Waals surface area contributed by atoms with Crippen molar-refractivity contribution in [3.8, 4) is 5.69 Å². The Bertz CT molecular complexity index is 654. The van der Waals surface area contributed by atoms with Gasteiger partial charge in [0.2, 0.25) is 5.91 Å². The average molecular weight is 286 g/mol. The Hall–Kier alpha value is -2.90. The van der Waals surface area contributed by atoms with Crippen molar-refractivity contribution < 1.29 is 9.59 Å². The van der Waals surface area contributed by atoms with E-state index in [1.54, 1.807) is 11.0 Å². The van der Waals surface area contributed by atoms with E-state index in [0.29, 0.717) is 13.1 Å². The largest absolute Gasteiger partial charge is 0.374 e. The van der Waals surface area contributed by atoms with Gasteiger partial charge < -0.3 is 10.6 Å². The lowest BCUT2D eigenvalue weighted by atomic mass is 10.2. The highest BCUT2D eigenvalue weighted by Crippen LogP contribution is 2.18. The molecule has 1 saturated heterocycles. The van der Waals surface area contributed by atoms with Gasteiger partial charge in [-0.3, -0.25) is 9.69 Å². The summed E-state index contributed by atoms with van der Waals surface area (Å²) in [5.74, 6) is -0.265. The third kappa shape index (κ3) is 2.69. The molecular formula is C13H14N6O2. The molecule has 2 N–H and O–H groups in total. The number of nitrogens with one attached hydrogen (secondary N) is 2. The van der Waals surface area contributed by atoms with Crippen LogP contribution in [0, 0.1) is 0 Å². The second-order valence-corrected chi connectivity index (χ2v) is 4.49. The Labute approximate surface area is 120 Å². The van der Waals surface area contributed by atoms with Crippen LogP contribution in [-0.2, 0) is 4.79 Å². The van der Waals surface area contributed by atoms with E-state index in [9.17, 15) is 9.59 Å². The fourth-order valence-corrected chi connectivity index (χ4v) is 2.13. The lowest BCUT2D eigenvalue weighted by Gasteiger charge is -2.15. The standard InChI is InChI=1S/C13H14N6O2/c20-12(18-6-5-15-13(18)21)7-16-10-3-1-2-4-11(10)19-9-14-8-17-19/h1-4,8-9,16H,5-7H2,(H,15,21). The number of hydrogen-bond donors (Lipinski definition) is 2. The molecule has 0 spiro atoms. The highest BCUT2D eigenvalue weighted by Gasteiger charge is 2.25. The second-order valence-electron chi connectivity index (χ2n) is 4.49. The molecule has 1 aliphatic rings. The number of benzene rings is 1. The molecule has 3 rings (SSSR count). The van der Waals surface area contributed by atoms with Gasteiger partial charge in [-0.25, -0.2) is 14.5 Å². The minimum atomic E-state index is -0.341. The summed E-state index contributed by atoms with van der Waals surface area (Å²) >= 11 is 0. The quantitative estimate of drug-likeness (QED) is 0.839. The molecule has 1 aromatic carbocycles. The van der Waals surface area contributed by atoms with Gasteiger partial charge in [-0.05, 0) is 12.1 Å². The van der Waals surface area contributed by atoms with Gasteiger partial charge in [0, 0.05) is 13.1 Å². The van der Waals surface area contributed by atoms with Crippen molar-refractivity contribution in [1.82, 2.24) is 25.0 Å². The summed E-state index contributed by atoms with van der Waals surface area (Å²) in [6.07, 6.45) is 3.02. The molecule has 8 heteroatoms. The smallest absolute Gasteiger partial charge is 0.324 e. The SMILES string of the molecule is O=C(CNc1ccccc1-n1cncn1)N1CCNC1=O. The van der Waals surface area contributed by atoms with Crippen LogP contribution in [0.1, 0.15) is 0 Å². The number of amides is 3. The van der Waals surface area contributed by atoms with E-state index < -0.39 is 0 Å². The van der Waals surface area contributed by atoms with Crippen molar-refractivity contribution in [2.75, 3.05) is 25.0 Å². The van der Waals surface area contributed by atoms with Crippen LogP contribution in [-0.4, -0.2) is 51.2 Å². The van der Waals surface area contributed by atoms with E-state index in [4.69, 9.17) is 0 Å². The van der Waals surface area contributed by atoms with Crippen LogP contribution in [0.4, 0.5) is 10.5 Å². The van der Waals surface area contributed by atoms with Crippen LogP contribution in [0.2, 0.25) is 0 Å². The van der Waals surface area contributed by atoms with Crippen molar-refractivity contribution in [3.63, 3.8) is 0 Å². The van der Waals surface area contributed by atoms with Gasteiger partial charge in [-0.2, -0.15) is 5.10 Å². The normalized spacial score (nSPS) is 14.1. The van der Waals surface area contributed by atoms with E-state index in [-0.39, 0.29) is 18.5 Å². The van der Waals surface area contributed by atoms with Crippen molar-refractivity contribution in [1.29, 1.82) is 0 Å². The van der Waals surface area contributed by atoms with Gasteiger partial charge >= 0.3 is 6.03 Å². The average Bonchev–Trinajstić information content (AvgIpc) is 3.16. The van der Waals surface area contributed by atoms with Gasteiger partial charge in [0.15, 0.2) is 0 Å². The lowest BCUT2D eigenvalue weighted by Crippen LogP contribution is -2.38. The summed E-state index contributed by atoms with van der Waals surface area (Å²) in [5.41, 5.74) is 1.53. The number of imide groups is 1. The Morgan fingerprint density at radius 1 is 1.38 bits per heavy atom. The summed E-state index contributed by atoms with van der Waals surface area (Å²) in [5, 5.41) is 9.71. The molecule has 21 heavy (non-hydrogen) atoms. The topological polar surface area (TPSA) is 92.2 Å². The van der Waals surface area contributed by atoms with Crippen LogP contribution in [0.15, 0.2) is 36.9 Å². The Morgan fingerprint density at radius 3 is 2.95 bits per heavy atom. The summed E-state index contributed by atoms with van der Waals surface area (Å²) in [6, 6.07) is 7.10. The first-order chi connectivity index (χ1) is 10.3. The van der Waals surface area contributed by atoms with Gasteiger partial charge in [0.25, 0.3) is 0 Å². The monoisotopic (exact) mass is 286 g/mol. The maximum atomic E-state index is 12.0. The number of anilines is 1. The molecule has 2 aromatic rings. The number of rotatable bonds is 4. The molecule has 8 nitrogen and oxygen atoms in total. The van der Waals surface area contributed by atoms with Crippen LogP contribution >= 0.6 is 0 Å². The molecule has 1 aliphatic heterocycles. The minimum Gasteiger partial charge on any atom is -0.374 e. The third-order valence-corrected chi connectivity index (χ3v) is 3.16. The third-order valence-electron chi connectivity index (χ3n) is 3.16. The van der Waals surface area contributed by atoms with Crippen LogP contribution in [0.5, 0.6) is 0 Å². The van der Waals surface area contributed by atoms with E-state index >= 15 is 0 Å². The molecule has 0 unspecified atom stereocenters. The fraction of sp³-hybridized carbons (Fsp3) is 0.231. The van der Waals surface area contributed by atoms with E-state index in [2.05, 4.69) is 20.7 Å². The number of hydrogen-bond acceptors (Lipinski definition) is 5. The zero-order valence-electron chi connectivity index (χ0n) is 11.2. The molecule has 0 radical (unpaired) electrons. The first-order valence-electron chi connectivity index (χ1n) is 6.52. The Morgan fingerprint density at radius 2 is 2.24 bits per heavy atom. The predicted molar refractivity (Wildman–Crippen MR) is 75.0 cm³/mol. The molecule has 0 bridgehead atoms. The molecule has 108 valence electrons. The first-order valence-corrected chi connectivity index (χ1v) is 6.52. The van der Waals surface area contributed by atoms with E-state index in [1.807, 2.05) is 24.3 Å². The Balaban J connectivity index is 1.71. The summed E-state index contributed by atoms with van der Waals surface area (Å²) in [7, 11) is 0. The first kappa shape index (κ1) is 13.1. The zero-order chi connectivity index (χ0) is 14.7. The molecule has 0 saturated carbocycles. The van der Waals surface area contributed by atoms with Gasteiger partial charge in [-0.15, -0.1) is 0 Å². The molecule has 1 fully saturated rings. The van der Waals surface area contributed by atoms with Crippen LogP contribution < -0.4 is 10.6 Å². The summed E-state index contributed by atoms with van der Waals surface area (Å²) in [6.45, 7) is 0.948. The molecular weight excluding hydrogens is 272 g/mol. The number of carbonyl (C=O) groups excluding carboxylic acids is 2. The number of carbonyl (C=O) groups is 2. The number of aromatic nitrogens is 3. The summed E-state index contributed by atoms with van der Waals surface area (Å²) in [4.78, 5) is 28.5. The van der Waals surface area contributed by atoms with Crippen molar-refractivity contribution in [2.45, 2.75) is 0 Å². The minimum absolute atomic E-state index is 0.0408. The molecule has 2 heterocycles. The second kappa shape index (κ2) is 5.61. The van der Waals surface area contributed by atoms with E-state index in [0.717, 1.165) is 11.4 Å². The van der Waals surface area contributed by atoms with E-state index in [1.165, 1.54) is 11.2 Å². The highest BCUT2D eigenvalue weighted by molar-refractivity contribution is 5.97. The van der Waals surface area contributed by atoms with Crippen LogP contribution in [0.25, 0.3) is 5.69 Å². The van der Waals surface area contributed by atoms with Gasteiger partial charge in [0.05, 0.1) is 17.9 Å². The summed E-state index contributed by atoms with van der Waals surface area (Å²) < 4.78 is 1.61. The van der Waals surface area contributed by atoms with Crippen LogP contribution in [0.3, 0.4) is 0 Å². The number of para-hydroxylation sites is 2. The lowest BCUT2D eigenvalue weighted by molar-refractivity contribution is -0.125. The van der Waals surface area contributed by atoms with Crippen molar-refractivity contribution in [3.05, 3.63) is 36.9 Å². The van der Waals surface area contributed by atoms with Crippen molar-refractivity contribution >= 4 is 17.6 Å². The Kier molecular flexibility index (Phi) is 3.50. The molecule has 1 aromatic heterocycles. The van der Waals surface area contributed by atoms with Gasteiger partial charge in [0.1, 0.15) is 12.7 Å². The number of nitrogens with zero attached hydrogens (tertiary/aromatic N) is 4. The maximum Gasteiger partial charge on any atom is 0.324 e. The maximum absolute atomic E-state index is 12.0. The zero-order valence-corrected chi connectivity index (χ0v) is 11.2. The number of urea groups is 1. The predicted octanol–water partition coefficient (Wildman–Crippen LogP) is 0.231. The van der Waals surface area contributed by atoms with Gasteiger partial charge in [-0.1, -0.05) is 12.1 Å². The molecule has 3 amide bonds. The fourth-order valence-electron chi connectivity index (χ4n) is 2.13. The molecule has 0 atom stereocenters. The van der Waals surface area contributed by atoms with Crippen molar-refractivity contribution in [2.24, 2.45) is 0 Å².